The normalized spacial score (nSPS) is 11.7. The molecule has 0 atom stereocenters. The number of benzene rings is 1. The van der Waals surface area contributed by atoms with E-state index in [0.717, 1.165) is 16.1 Å². The summed E-state index contributed by atoms with van der Waals surface area (Å²) < 4.78 is 45.0. The molecule has 3 heterocycles. The summed E-state index contributed by atoms with van der Waals surface area (Å²) in [6.45, 7) is 3.62. The standard InChI is InChI=1S/C24H19BrF3N3O2/c1-14-15(2)30-19-4-3-11-29-22(19)21(14)23(32)31(12-16-5-7-17(25)8-6-16)13-18-9-10-20(33-18)24(26,27)28/h3-11H,12-13H2,1-2H3. The number of pyridine rings is 2. The van der Waals surface area contributed by atoms with Gasteiger partial charge < -0.3 is 9.32 Å². The number of carbonyl (C=O) groups is 1. The minimum atomic E-state index is -4.60. The molecular weight excluding hydrogens is 499 g/mol. The van der Waals surface area contributed by atoms with E-state index in [9.17, 15) is 18.0 Å². The van der Waals surface area contributed by atoms with Crippen LogP contribution in [0.2, 0.25) is 0 Å². The quantitative estimate of drug-likeness (QED) is 0.304. The van der Waals surface area contributed by atoms with Crippen molar-refractivity contribution in [2.75, 3.05) is 0 Å². The van der Waals surface area contributed by atoms with Crippen LogP contribution in [0.15, 0.2) is 63.6 Å². The monoisotopic (exact) mass is 517 g/mol. The third-order valence-corrected chi connectivity index (χ3v) is 5.83. The lowest BCUT2D eigenvalue weighted by atomic mass is 10.0. The van der Waals surface area contributed by atoms with Gasteiger partial charge in [-0.1, -0.05) is 28.1 Å². The maximum Gasteiger partial charge on any atom is 0.449 e. The van der Waals surface area contributed by atoms with Crippen LogP contribution in [0, 0.1) is 13.8 Å². The second-order valence-electron chi connectivity index (χ2n) is 7.62. The van der Waals surface area contributed by atoms with E-state index >= 15 is 0 Å². The Morgan fingerprint density at radius 1 is 1.06 bits per heavy atom. The number of aromatic nitrogens is 2. The Morgan fingerprint density at radius 3 is 2.45 bits per heavy atom. The average Bonchev–Trinajstić information content (AvgIpc) is 3.24. The van der Waals surface area contributed by atoms with Crippen molar-refractivity contribution in [1.29, 1.82) is 0 Å². The van der Waals surface area contributed by atoms with Crippen LogP contribution >= 0.6 is 15.9 Å². The first-order chi connectivity index (χ1) is 15.6. The molecule has 0 fully saturated rings. The van der Waals surface area contributed by atoms with Crippen molar-refractivity contribution < 1.29 is 22.4 Å². The Labute approximate surface area is 196 Å². The first kappa shape index (κ1) is 23.0. The lowest BCUT2D eigenvalue weighted by Gasteiger charge is -2.24. The van der Waals surface area contributed by atoms with Crippen LogP contribution in [-0.2, 0) is 19.3 Å². The molecule has 5 nitrogen and oxygen atoms in total. The molecule has 0 N–H and O–H groups in total. The summed E-state index contributed by atoms with van der Waals surface area (Å²) in [5, 5.41) is 0. The van der Waals surface area contributed by atoms with Crippen LogP contribution in [0.25, 0.3) is 11.0 Å². The number of carbonyl (C=O) groups excluding carboxylic acids is 1. The fourth-order valence-electron chi connectivity index (χ4n) is 3.54. The first-order valence-corrected chi connectivity index (χ1v) is 10.8. The van der Waals surface area contributed by atoms with E-state index < -0.39 is 11.9 Å². The fraction of sp³-hybridized carbons (Fsp3) is 0.208. The predicted octanol–water partition coefficient (Wildman–Crippen LogP) is 6.46. The molecule has 0 bridgehead atoms. The predicted molar refractivity (Wildman–Crippen MR) is 120 cm³/mol. The summed E-state index contributed by atoms with van der Waals surface area (Å²) in [5.41, 5.74) is 3.56. The van der Waals surface area contributed by atoms with Gasteiger partial charge in [0.05, 0.1) is 17.6 Å². The molecule has 0 spiro atoms. The number of aryl methyl sites for hydroxylation is 1. The molecule has 0 radical (unpaired) electrons. The van der Waals surface area contributed by atoms with Crippen LogP contribution in [0.5, 0.6) is 0 Å². The summed E-state index contributed by atoms with van der Waals surface area (Å²) in [6.07, 6.45) is -3.02. The summed E-state index contributed by atoms with van der Waals surface area (Å²) in [6, 6.07) is 13.0. The largest absolute Gasteiger partial charge is 0.455 e. The summed E-state index contributed by atoms with van der Waals surface area (Å²) in [7, 11) is 0. The Hall–Kier alpha value is -3.20. The molecule has 170 valence electrons. The van der Waals surface area contributed by atoms with Gasteiger partial charge in [-0.25, -0.2) is 0 Å². The SMILES string of the molecule is Cc1nc2cccnc2c(C(=O)N(Cc2ccc(Br)cc2)Cc2ccc(C(F)(F)F)o2)c1C. The Morgan fingerprint density at radius 2 is 1.79 bits per heavy atom. The number of alkyl halides is 3. The number of hydrogen-bond acceptors (Lipinski definition) is 4. The second-order valence-corrected chi connectivity index (χ2v) is 8.54. The number of amides is 1. The third-order valence-electron chi connectivity index (χ3n) is 5.30. The highest BCUT2D eigenvalue weighted by atomic mass is 79.9. The molecule has 33 heavy (non-hydrogen) atoms. The zero-order chi connectivity index (χ0) is 23.8. The molecule has 0 aliphatic rings. The van der Waals surface area contributed by atoms with Crippen molar-refractivity contribution in [2.45, 2.75) is 33.1 Å². The number of furan rings is 1. The molecule has 4 aromatic rings. The van der Waals surface area contributed by atoms with E-state index in [0.29, 0.717) is 27.9 Å². The summed E-state index contributed by atoms with van der Waals surface area (Å²) in [4.78, 5) is 24.1. The molecule has 0 saturated heterocycles. The van der Waals surface area contributed by atoms with E-state index in [4.69, 9.17) is 4.42 Å². The molecule has 3 aromatic heterocycles. The van der Waals surface area contributed by atoms with Crippen molar-refractivity contribution in [3.8, 4) is 0 Å². The van der Waals surface area contributed by atoms with Crippen LogP contribution in [0.3, 0.4) is 0 Å². The van der Waals surface area contributed by atoms with Gasteiger partial charge in [0.1, 0.15) is 11.3 Å². The van der Waals surface area contributed by atoms with Gasteiger partial charge in [0.2, 0.25) is 5.76 Å². The molecule has 0 aliphatic heterocycles. The van der Waals surface area contributed by atoms with E-state index in [-0.39, 0.29) is 24.8 Å². The molecule has 9 heteroatoms. The molecule has 0 unspecified atom stereocenters. The van der Waals surface area contributed by atoms with Crippen molar-refractivity contribution in [3.05, 3.63) is 93.1 Å². The average molecular weight is 518 g/mol. The highest BCUT2D eigenvalue weighted by Crippen LogP contribution is 2.31. The van der Waals surface area contributed by atoms with E-state index in [1.165, 1.54) is 11.0 Å². The van der Waals surface area contributed by atoms with E-state index in [2.05, 4.69) is 25.9 Å². The number of halogens is 4. The highest BCUT2D eigenvalue weighted by Gasteiger charge is 2.35. The molecule has 1 aromatic carbocycles. The molecular formula is C24H19BrF3N3O2. The number of fused-ring (bicyclic) bond motifs is 1. The van der Waals surface area contributed by atoms with Gasteiger partial charge in [0.25, 0.3) is 5.91 Å². The van der Waals surface area contributed by atoms with Gasteiger partial charge in [-0.05, 0) is 61.4 Å². The van der Waals surface area contributed by atoms with Crippen molar-refractivity contribution in [1.82, 2.24) is 14.9 Å². The van der Waals surface area contributed by atoms with Crippen LogP contribution in [0.1, 0.15) is 38.7 Å². The number of hydrogen-bond donors (Lipinski definition) is 0. The molecule has 0 saturated carbocycles. The summed E-state index contributed by atoms with van der Waals surface area (Å²) in [5.74, 6) is -1.43. The van der Waals surface area contributed by atoms with Gasteiger partial charge in [-0.2, -0.15) is 13.2 Å². The molecule has 0 aliphatic carbocycles. The minimum Gasteiger partial charge on any atom is -0.455 e. The van der Waals surface area contributed by atoms with Gasteiger partial charge in [0.15, 0.2) is 0 Å². The van der Waals surface area contributed by atoms with Gasteiger partial charge in [0, 0.05) is 22.9 Å². The Balaban J connectivity index is 1.76. The van der Waals surface area contributed by atoms with Crippen LogP contribution < -0.4 is 0 Å². The highest BCUT2D eigenvalue weighted by molar-refractivity contribution is 9.10. The van der Waals surface area contributed by atoms with Gasteiger partial charge in [-0.3, -0.25) is 14.8 Å². The number of rotatable bonds is 5. The summed E-state index contributed by atoms with van der Waals surface area (Å²) >= 11 is 3.38. The zero-order valence-electron chi connectivity index (χ0n) is 17.8. The number of nitrogens with zero attached hydrogens (tertiary/aromatic N) is 3. The fourth-order valence-corrected chi connectivity index (χ4v) is 3.80. The zero-order valence-corrected chi connectivity index (χ0v) is 19.4. The van der Waals surface area contributed by atoms with E-state index in [1.54, 1.807) is 32.2 Å². The van der Waals surface area contributed by atoms with Crippen molar-refractivity contribution in [3.63, 3.8) is 0 Å². The van der Waals surface area contributed by atoms with Gasteiger partial charge >= 0.3 is 6.18 Å². The lowest BCUT2D eigenvalue weighted by Crippen LogP contribution is -2.31. The van der Waals surface area contributed by atoms with E-state index in [1.807, 2.05) is 24.3 Å². The Bertz CT molecular complexity index is 1320. The molecule has 1 amide bonds. The maximum atomic E-state index is 13.8. The minimum absolute atomic E-state index is 0.0356. The lowest BCUT2D eigenvalue weighted by molar-refractivity contribution is -0.153. The second kappa shape index (κ2) is 8.97. The molecule has 4 rings (SSSR count). The Kier molecular flexibility index (Phi) is 6.25. The first-order valence-electron chi connectivity index (χ1n) is 10.0. The van der Waals surface area contributed by atoms with Crippen LogP contribution in [0.4, 0.5) is 13.2 Å². The van der Waals surface area contributed by atoms with Crippen molar-refractivity contribution in [2.24, 2.45) is 0 Å². The van der Waals surface area contributed by atoms with Crippen molar-refractivity contribution >= 4 is 32.9 Å². The van der Waals surface area contributed by atoms with Crippen LogP contribution in [-0.4, -0.2) is 20.8 Å². The third kappa shape index (κ3) is 4.93. The topological polar surface area (TPSA) is 59.2 Å². The maximum absolute atomic E-state index is 13.8. The smallest absolute Gasteiger partial charge is 0.449 e. The van der Waals surface area contributed by atoms with Gasteiger partial charge in [-0.15, -0.1) is 0 Å².